The summed E-state index contributed by atoms with van der Waals surface area (Å²) in [5.74, 6) is 0.232. The minimum atomic E-state index is -1.11. The van der Waals surface area contributed by atoms with Gasteiger partial charge >= 0.3 is 5.97 Å². The Kier molecular flexibility index (Phi) is 8.19. The van der Waals surface area contributed by atoms with Crippen molar-refractivity contribution in [3.8, 4) is 28.7 Å². The molecule has 6 rings (SSSR count). The maximum absolute atomic E-state index is 11.6. The fourth-order valence-electron chi connectivity index (χ4n) is 6.45. The summed E-state index contributed by atoms with van der Waals surface area (Å²) in [6.07, 6.45) is 4.56. The maximum atomic E-state index is 11.6. The van der Waals surface area contributed by atoms with Gasteiger partial charge in [0.2, 0.25) is 5.88 Å². The Morgan fingerprint density at radius 2 is 1.93 bits per heavy atom. The number of aryl methyl sites for hydroxylation is 2. The van der Waals surface area contributed by atoms with E-state index in [4.69, 9.17) is 19.2 Å². The topological polar surface area (TPSA) is 98.9 Å². The number of nitrogens with zero attached hydrogens (tertiary/aromatic N) is 4. The second-order valence-electron chi connectivity index (χ2n) is 11.5. The van der Waals surface area contributed by atoms with Crippen LogP contribution in [0.4, 0.5) is 0 Å². The van der Waals surface area contributed by atoms with Crippen LogP contribution in [0.5, 0.6) is 11.6 Å². The molecule has 0 amide bonds. The lowest BCUT2D eigenvalue weighted by Crippen LogP contribution is -2.42. The Hall–Kier alpha value is -4.21. The molecule has 1 fully saturated rings. The van der Waals surface area contributed by atoms with Crippen molar-refractivity contribution >= 4 is 5.97 Å². The third kappa shape index (κ3) is 5.75. The zero-order valence-corrected chi connectivity index (χ0v) is 25.2. The van der Waals surface area contributed by atoms with Gasteiger partial charge < -0.3 is 19.3 Å². The quantitative estimate of drug-likeness (QED) is 0.283. The molecule has 4 heterocycles. The molecule has 43 heavy (non-hydrogen) atoms. The first-order valence-electron chi connectivity index (χ1n) is 14.8. The van der Waals surface area contributed by atoms with E-state index < -0.39 is 5.97 Å². The van der Waals surface area contributed by atoms with Crippen molar-refractivity contribution in [3.63, 3.8) is 0 Å². The van der Waals surface area contributed by atoms with Crippen LogP contribution in [0, 0.1) is 20.8 Å². The smallest absolute Gasteiger partial charge is 0.342 e. The molecule has 2 aliphatic rings. The summed E-state index contributed by atoms with van der Waals surface area (Å²) in [4.78, 5) is 19.1. The number of carboxylic acids is 1. The predicted octanol–water partition coefficient (Wildman–Crippen LogP) is 5.68. The summed E-state index contributed by atoms with van der Waals surface area (Å²) in [6.45, 7) is 10.6. The molecule has 0 unspecified atom stereocenters. The van der Waals surface area contributed by atoms with Crippen molar-refractivity contribution in [2.75, 3.05) is 26.9 Å². The van der Waals surface area contributed by atoms with Gasteiger partial charge in [0.25, 0.3) is 0 Å². The highest BCUT2D eigenvalue weighted by Gasteiger charge is 2.27. The zero-order valence-electron chi connectivity index (χ0n) is 25.2. The summed E-state index contributed by atoms with van der Waals surface area (Å²) in [5.41, 5.74) is 9.04. The van der Waals surface area contributed by atoms with Crippen molar-refractivity contribution in [2.45, 2.75) is 59.2 Å². The molecular formula is C34H38N4O5. The summed E-state index contributed by atoms with van der Waals surface area (Å²) < 4.78 is 18.9. The van der Waals surface area contributed by atoms with Crippen molar-refractivity contribution < 1.29 is 24.1 Å². The van der Waals surface area contributed by atoms with E-state index >= 15 is 0 Å². The standard InChI is InChI=1S/C34H38N4O5/c1-21-16-22(2)32(28(17-21)30-6-5-7-31(36-30)38-33(41-4)29(18-35-38)34(39)40)43-20-25-9-8-24-19-37(13-10-27(24)23(25)3)26-11-14-42-15-12-26/h5-9,16-18,26H,10-15,19-20H2,1-4H3,(H,39,40). The van der Waals surface area contributed by atoms with Crippen LogP contribution in [0.3, 0.4) is 0 Å². The number of methoxy groups -OCH3 is 1. The van der Waals surface area contributed by atoms with Crippen molar-refractivity contribution in [1.29, 1.82) is 0 Å². The van der Waals surface area contributed by atoms with Gasteiger partial charge in [0.15, 0.2) is 5.82 Å². The molecule has 1 N–H and O–H groups in total. The van der Waals surface area contributed by atoms with Crippen molar-refractivity contribution in [2.24, 2.45) is 0 Å². The van der Waals surface area contributed by atoms with E-state index in [-0.39, 0.29) is 11.4 Å². The number of fused-ring (bicyclic) bond motifs is 1. The summed E-state index contributed by atoms with van der Waals surface area (Å²) in [7, 11) is 1.42. The lowest BCUT2D eigenvalue weighted by Gasteiger charge is -2.38. The van der Waals surface area contributed by atoms with E-state index in [1.807, 2.05) is 12.1 Å². The largest absolute Gasteiger partial charge is 0.488 e. The summed E-state index contributed by atoms with van der Waals surface area (Å²) in [5, 5.41) is 13.7. The fourth-order valence-corrected chi connectivity index (χ4v) is 6.45. The molecule has 9 nitrogen and oxygen atoms in total. The van der Waals surface area contributed by atoms with Gasteiger partial charge in [-0.2, -0.15) is 9.78 Å². The molecule has 4 aromatic rings. The molecule has 2 aliphatic heterocycles. The van der Waals surface area contributed by atoms with E-state index in [1.54, 1.807) is 6.07 Å². The number of hydrogen-bond acceptors (Lipinski definition) is 7. The van der Waals surface area contributed by atoms with Crippen LogP contribution < -0.4 is 9.47 Å². The molecular weight excluding hydrogens is 544 g/mol. The van der Waals surface area contributed by atoms with Crippen LogP contribution in [-0.2, 0) is 24.3 Å². The minimum Gasteiger partial charge on any atom is -0.488 e. The van der Waals surface area contributed by atoms with Crippen LogP contribution in [-0.4, -0.2) is 63.7 Å². The van der Waals surface area contributed by atoms with Gasteiger partial charge in [-0.25, -0.2) is 9.78 Å². The van der Waals surface area contributed by atoms with Gasteiger partial charge in [-0.15, -0.1) is 0 Å². The SMILES string of the molecule is COc1c(C(=O)O)cnn1-c1cccc(-c2cc(C)cc(C)c2OCc2ccc3c(c2C)CCN(C2CCOCC2)C3)n1. The van der Waals surface area contributed by atoms with E-state index in [2.05, 4.69) is 55.0 Å². The number of rotatable bonds is 8. The Balaban J connectivity index is 1.26. The number of pyridine rings is 1. The van der Waals surface area contributed by atoms with Crippen molar-refractivity contribution in [1.82, 2.24) is 19.7 Å². The fraction of sp³-hybridized carbons (Fsp3) is 0.382. The molecule has 0 saturated carbocycles. The van der Waals surface area contributed by atoms with E-state index in [0.717, 1.165) is 68.0 Å². The Morgan fingerprint density at radius 1 is 1.12 bits per heavy atom. The third-order valence-corrected chi connectivity index (χ3v) is 8.70. The highest BCUT2D eigenvalue weighted by atomic mass is 16.5. The average molecular weight is 583 g/mol. The molecule has 0 aliphatic carbocycles. The zero-order chi connectivity index (χ0) is 30.1. The predicted molar refractivity (Wildman–Crippen MR) is 163 cm³/mol. The number of ether oxygens (including phenoxy) is 3. The van der Waals surface area contributed by atoms with Crippen LogP contribution >= 0.6 is 0 Å². The highest BCUT2D eigenvalue weighted by Crippen LogP contribution is 2.36. The molecule has 1 saturated heterocycles. The molecule has 2 aromatic heterocycles. The average Bonchev–Trinajstić information content (AvgIpc) is 3.46. The number of hydrogen-bond donors (Lipinski definition) is 1. The number of benzene rings is 2. The van der Waals surface area contributed by atoms with Gasteiger partial charge in [-0.05, 0) is 91.6 Å². The van der Waals surface area contributed by atoms with Crippen molar-refractivity contribution in [3.05, 3.63) is 87.6 Å². The molecule has 2 aromatic carbocycles. The molecule has 0 atom stereocenters. The monoisotopic (exact) mass is 582 g/mol. The second-order valence-corrected chi connectivity index (χ2v) is 11.5. The lowest BCUT2D eigenvalue weighted by atomic mass is 9.90. The Bertz CT molecular complexity index is 1660. The van der Waals surface area contributed by atoms with Gasteiger partial charge in [0.05, 0.1) is 19.0 Å². The van der Waals surface area contributed by atoms with Gasteiger partial charge in [0, 0.05) is 37.9 Å². The molecule has 224 valence electrons. The first-order valence-corrected chi connectivity index (χ1v) is 14.8. The van der Waals surface area contributed by atoms with Gasteiger partial charge in [-0.1, -0.05) is 24.3 Å². The first kappa shape index (κ1) is 28.9. The normalized spacial score (nSPS) is 15.7. The number of aromatic nitrogens is 3. The van der Waals surface area contributed by atoms with E-state index in [0.29, 0.717) is 24.2 Å². The summed E-state index contributed by atoms with van der Waals surface area (Å²) in [6, 6.07) is 14.9. The molecule has 0 spiro atoms. The number of carbonyl (C=O) groups is 1. The number of carboxylic acid groups (broad SMARTS) is 1. The second kappa shape index (κ2) is 12.2. The number of aromatic carboxylic acids is 1. The Labute approximate surface area is 252 Å². The van der Waals surface area contributed by atoms with Crippen LogP contribution in [0.15, 0.2) is 48.7 Å². The Morgan fingerprint density at radius 3 is 2.70 bits per heavy atom. The van der Waals surface area contributed by atoms with E-state index in [1.165, 1.54) is 40.2 Å². The lowest BCUT2D eigenvalue weighted by molar-refractivity contribution is 0.0290. The minimum absolute atomic E-state index is 0.0261. The van der Waals surface area contributed by atoms with Crippen LogP contribution in [0.25, 0.3) is 17.1 Å². The highest BCUT2D eigenvalue weighted by molar-refractivity contribution is 5.90. The van der Waals surface area contributed by atoms with Crippen LogP contribution in [0.1, 0.15) is 56.6 Å². The van der Waals surface area contributed by atoms with E-state index in [9.17, 15) is 9.90 Å². The molecule has 9 heteroatoms. The van der Waals surface area contributed by atoms with Crippen LogP contribution in [0.2, 0.25) is 0 Å². The summed E-state index contributed by atoms with van der Waals surface area (Å²) >= 11 is 0. The molecule has 0 bridgehead atoms. The third-order valence-electron chi connectivity index (χ3n) is 8.70. The first-order chi connectivity index (χ1) is 20.8. The van der Waals surface area contributed by atoms with Gasteiger partial charge in [0.1, 0.15) is 17.9 Å². The maximum Gasteiger partial charge on any atom is 0.342 e. The molecule has 0 radical (unpaired) electrons. The van der Waals surface area contributed by atoms with Gasteiger partial charge in [-0.3, -0.25) is 4.90 Å².